The molecule has 0 N–H and O–H groups in total. The number of allylic oxidation sites excluding steroid dienone is 5. The third-order valence-electron chi connectivity index (χ3n) is 3.91. The second-order valence-corrected chi connectivity index (χ2v) is 5.26. The van der Waals surface area contributed by atoms with Crippen LogP contribution in [0.2, 0.25) is 0 Å². The van der Waals surface area contributed by atoms with Crippen molar-refractivity contribution in [2.75, 3.05) is 0 Å². The molecule has 0 nitrogen and oxygen atoms in total. The lowest BCUT2D eigenvalue weighted by molar-refractivity contribution is 0.418. The van der Waals surface area contributed by atoms with Crippen LogP contribution in [0.1, 0.15) is 46.0 Å². The molecule has 0 heterocycles. The van der Waals surface area contributed by atoms with Gasteiger partial charge in [0, 0.05) is 0 Å². The Morgan fingerprint density at radius 3 is 2.94 bits per heavy atom. The summed E-state index contributed by atoms with van der Waals surface area (Å²) in [5, 5.41) is 0. The molecule has 1 fully saturated rings. The second kappa shape index (κ2) is 5.37. The normalized spacial score (nSPS) is 29.6. The molecule has 0 heteroatoms. The minimum absolute atomic E-state index is 0.893. The van der Waals surface area contributed by atoms with E-state index in [0.29, 0.717) is 0 Å². The van der Waals surface area contributed by atoms with E-state index in [2.05, 4.69) is 43.9 Å². The molecule has 2 atom stereocenters. The molecule has 2 rings (SSSR count). The zero-order valence-corrected chi connectivity index (χ0v) is 10.5. The van der Waals surface area contributed by atoms with Crippen molar-refractivity contribution in [3.8, 4) is 0 Å². The molecule has 16 heavy (non-hydrogen) atoms. The summed E-state index contributed by atoms with van der Waals surface area (Å²) in [4.78, 5) is 0. The summed E-state index contributed by atoms with van der Waals surface area (Å²) in [7, 11) is 0. The van der Waals surface area contributed by atoms with Crippen molar-refractivity contribution in [3.05, 3.63) is 41.2 Å². The molecule has 0 aromatic carbocycles. The largest absolute Gasteiger partial charge is 0.121 e. The minimum atomic E-state index is 0.893. The number of hydrogen-bond acceptors (Lipinski definition) is 0. The van der Waals surface area contributed by atoms with Crippen LogP contribution in [0, 0.1) is 11.8 Å². The quantitative estimate of drug-likeness (QED) is 0.579. The van der Waals surface area contributed by atoms with Crippen LogP contribution in [0.15, 0.2) is 41.2 Å². The molecule has 0 aromatic heterocycles. The van der Waals surface area contributed by atoms with E-state index in [1.807, 2.05) is 0 Å². The van der Waals surface area contributed by atoms with Crippen molar-refractivity contribution in [3.63, 3.8) is 0 Å². The lowest BCUT2D eigenvalue weighted by Crippen LogP contribution is -2.04. The summed E-state index contributed by atoms with van der Waals surface area (Å²) in [5.74, 6) is 1.80. The van der Waals surface area contributed by atoms with Crippen molar-refractivity contribution in [1.82, 2.24) is 0 Å². The average molecular weight is 214 g/mol. The Morgan fingerprint density at radius 1 is 1.31 bits per heavy atom. The molecule has 0 aromatic rings. The van der Waals surface area contributed by atoms with Crippen LogP contribution in [-0.2, 0) is 0 Å². The van der Waals surface area contributed by atoms with Gasteiger partial charge in [0.25, 0.3) is 0 Å². The molecule has 0 amide bonds. The van der Waals surface area contributed by atoms with Gasteiger partial charge in [-0.15, -0.1) is 5.73 Å². The highest BCUT2D eigenvalue weighted by atomic mass is 14.3. The van der Waals surface area contributed by atoms with E-state index in [-0.39, 0.29) is 0 Å². The Hall–Kier alpha value is -1.00. The summed E-state index contributed by atoms with van der Waals surface area (Å²) < 4.78 is 0. The standard InChI is InChI=1S/C16H22/c1-13-6-3-4-8-15(11-10-13)12-16-9-5-7-14(16)2/h4,6,10-11,14,16H,3,5,7,9,12H2,1-2H3. The summed E-state index contributed by atoms with van der Waals surface area (Å²) in [6, 6.07) is 0. The maximum Gasteiger partial charge on any atom is -0.00606 e. The van der Waals surface area contributed by atoms with Gasteiger partial charge in [-0.05, 0) is 49.7 Å². The molecular weight excluding hydrogens is 192 g/mol. The molecule has 0 radical (unpaired) electrons. The van der Waals surface area contributed by atoms with E-state index >= 15 is 0 Å². The molecule has 0 spiro atoms. The van der Waals surface area contributed by atoms with Gasteiger partial charge in [-0.1, -0.05) is 43.6 Å². The minimum Gasteiger partial charge on any atom is -0.121 e. The first-order valence-electron chi connectivity index (χ1n) is 6.54. The van der Waals surface area contributed by atoms with Gasteiger partial charge in [0.15, 0.2) is 0 Å². The van der Waals surface area contributed by atoms with Gasteiger partial charge >= 0.3 is 0 Å². The molecule has 0 bridgehead atoms. The Balaban J connectivity index is 2.04. The fourth-order valence-corrected chi connectivity index (χ4v) is 2.72. The van der Waals surface area contributed by atoms with Crippen LogP contribution in [-0.4, -0.2) is 0 Å². The first-order valence-corrected chi connectivity index (χ1v) is 6.54. The molecule has 2 aliphatic rings. The lowest BCUT2D eigenvalue weighted by Gasteiger charge is -2.14. The van der Waals surface area contributed by atoms with Crippen LogP contribution in [0.4, 0.5) is 0 Å². The zero-order chi connectivity index (χ0) is 11.4. The van der Waals surface area contributed by atoms with Crippen LogP contribution in [0.3, 0.4) is 0 Å². The molecule has 86 valence electrons. The molecule has 2 unspecified atom stereocenters. The third kappa shape index (κ3) is 3.00. The van der Waals surface area contributed by atoms with Gasteiger partial charge in [0.05, 0.1) is 0 Å². The SMILES string of the molecule is CC1=CCC=C=C(CC2CCCC2C)C=C1. The monoisotopic (exact) mass is 214 g/mol. The maximum atomic E-state index is 3.45. The first kappa shape index (κ1) is 11.5. The van der Waals surface area contributed by atoms with E-state index in [1.165, 1.54) is 36.8 Å². The van der Waals surface area contributed by atoms with E-state index in [1.54, 1.807) is 0 Å². The Bertz CT molecular complexity index is 361. The summed E-state index contributed by atoms with van der Waals surface area (Å²) in [6.07, 6.45) is 15.4. The predicted molar refractivity (Wildman–Crippen MR) is 70.2 cm³/mol. The highest BCUT2D eigenvalue weighted by molar-refractivity contribution is 5.29. The van der Waals surface area contributed by atoms with E-state index in [9.17, 15) is 0 Å². The Morgan fingerprint density at radius 2 is 2.19 bits per heavy atom. The fraction of sp³-hybridized carbons (Fsp3) is 0.562. The summed E-state index contributed by atoms with van der Waals surface area (Å²) in [6.45, 7) is 4.57. The van der Waals surface area contributed by atoms with Crippen LogP contribution in [0.5, 0.6) is 0 Å². The van der Waals surface area contributed by atoms with E-state index in [4.69, 9.17) is 0 Å². The van der Waals surface area contributed by atoms with Gasteiger partial charge in [-0.3, -0.25) is 0 Å². The van der Waals surface area contributed by atoms with Crippen molar-refractivity contribution in [1.29, 1.82) is 0 Å². The van der Waals surface area contributed by atoms with E-state index < -0.39 is 0 Å². The third-order valence-corrected chi connectivity index (χ3v) is 3.91. The van der Waals surface area contributed by atoms with Gasteiger partial charge < -0.3 is 0 Å². The highest BCUT2D eigenvalue weighted by Crippen LogP contribution is 2.35. The van der Waals surface area contributed by atoms with Gasteiger partial charge in [0.1, 0.15) is 0 Å². The summed E-state index contributed by atoms with van der Waals surface area (Å²) in [5.41, 5.74) is 6.21. The van der Waals surface area contributed by atoms with E-state index in [0.717, 1.165) is 18.3 Å². The first-order chi connectivity index (χ1) is 7.75. The predicted octanol–water partition coefficient (Wildman–Crippen LogP) is 4.80. The molecule has 0 aliphatic heterocycles. The van der Waals surface area contributed by atoms with Gasteiger partial charge in [0.2, 0.25) is 0 Å². The van der Waals surface area contributed by atoms with Crippen LogP contribution in [0.25, 0.3) is 0 Å². The van der Waals surface area contributed by atoms with Crippen molar-refractivity contribution in [2.24, 2.45) is 11.8 Å². The molecule has 0 saturated heterocycles. The summed E-state index contributed by atoms with van der Waals surface area (Å²) >= 11 is 0. The lowest BCUT2D eigenvalue weighted by atomic mass is 9.90. The molecule has 2 aliphatic carbocycles. The Kier molecular flexibility index (Phi) is 3.85. The van der Waals surface area contributed by atoms with Crippen LogP contribution >= 0.6 is 0 Å². The van der Waals surface area contributed by atoms with Crippen molar-refractivity contribution in [2.45, 2.75) is 46.0 Å². The molecule has 1 saturated carbocycles. The average Bonchev–Trinajstić information content (AvgIpc) is 2.63. The number of hydrogen-bond donors (Lipinski definition) is 0. The smallest absolute Gasteiger partial charge is 0.00606 e. The van der Waals surface area contributed by atoms with Crippen LogP contribution < -0.4 is 0 Å². The Labute approximate surface area is 99.4 Å². The fourth-order valence-electron chi connectivity index (χ4n) is 2.72. The van der Waals surface area contributed by atoms with Gasteiger partial charge in [-0.25, -0.2) is 0 Å². The highest BCUT2D eigenvalue weighted by Gasteiger charge is 2.23. The van der Waals surface area contributed by atoms with Crippen molar-refractivity contribution >= 4 is 0 Å². The second-order valence-electron chi connectivity index (χ2n) is 5.26. The zero-order valence-electron chi connectivity index (χ0n) is 10.5. The topological polar surface area (TPSA) is 0 Å². The molecular formula is C16H22. The van der Waals surface area contributed by atoms with Crippen molar-refractivity contribution < 1.29 is 0 Å². The number of rotatable bonds is 2. The maximum absolute atomic E-state index is 3.45. The van der Waals surface area contributed by atoms with Gasteiger partial charge in [-0.2, -0.15) is 0 Å².